The smallest absolute Gasteiger partial charge is 0.287 e. The summed E-state index contributed by atoms with van der Waals surface area (Å²) in [6.07, 6.45) is 0. The molecule has 130 valence electrons. The monoisotopic (exact) mass is 338 g/mol. The second-order valence-electron chi connectivity index (χ2n) is 5.52. The van der Waals surface area contributed by atoms with Crippen molar-refractivity contribution >= 4 is 5.91 Å². The van der Waals surface area contributed by atoms with Crippen molar-refractivity contribution in [2.24, 2.45) is 0 Å². The number of hydrogen-bond donors (Lipinski definition) is 1. The summed E-state index contributed by atoms with van der Waals surface area (Å²) < 4.78 is 38.2. The molecule has 0 radical (unpaired) electrons. The van der Waals surface area contributed by atoms with Crippen LogP contribution in [0.4, 0.5) is 8.78 Å². The van der Waals surface area contributed by atoms with E-state index in [0.29, 0.717) is 5.76 Å². The molecule has 1 amide bonds. The van der Waals surface area contributed by atoms with Gasteiger partial charge in [0, 0.05) is 19.2 Å². The number of rotatable bonds is 7. The molecule has 0 bridgehead atoms. The minimum absolute atomic E-state index is 0.0317. The number of furan rings is 1. The lowest BCUT2D eigenvalue weighted by atomic mass is 10.0. The van der Waals surface area contributed by atoms with E-state index in [1.54, 1.807) is 25.1 Å². The quantitative estimate of drug-likeness (QED) is 0.843. The maximum atomic E-state index is 14.0. The minimum Gasteiger partial charge on any atom is -0.453 e. The maximum Gasteiger partial charge on any atom is 0.287 e. The van der Waals surface area contributed by atoms with Crippen LogP contribution in [0.15, 0.2) is 34.7 Å². The average Bonchev–Trinajstić information content (AvgIpc) is 2.98. The summed E-state index contributed by atoms with van der Waals surface area (Å²) in [4.78, 5) is 13.8. The van der Waals surface area contributed by atoms with Gasteiger partial charge in [0.25, 0.3) is 5.91 Å². The zero-order valence-electron chi connectivity index (χ0n) is 13.8. The van der Waals surface area contributed by atoms with Gasteiger partial charge < -0.3 is 19.4 Å². The summed E-state index contributed by atoms with van der Waals surface area (Å²) in [7, 11) is 4.89. The van der Waals surface area contributed by atoms with Gasteiger partial charge in [-0.3, -0.25) is 4.79 Å². The van der Waals surface area contributed by atoms with Crippen LogP contribution in [0.3, 0.4) is 0 Å². The molecule has 0 aliphatic heterocycles. The van der Waals surface area contributed by atoms with Crippen LogP contribution in [0.2, 0.25) is 0 Å². The van der Waals surface area contributed by atoms with Gasteiger partial charge in [-0.1, -0.05) is 6.07 Å². The molecule has 1 atom stereocenters. The van der Waals surface area contributed by atoms with Crippen molar-refractivity contribution in [3.05, 3.63) is 59.1 Å². The third kappa shape index (κ3) is 4.18. The van der Waals surface area contributed by atoms with Crippen LogP contribution in [0.5, 0.6) is 0 Å². The molecule has 1 N–H and O–H groups in total. The normalized spacial score (nSPS) is 12.4. The van der Waals surface area contributed by atoms with Crippen molar-refractivity contribution in [1.82, 2.24) is 10.2 Å². The molecule has 0 unspecified atom stereocenters. The van der Waals surface area contributed by atoms with Crippen LogP contribution in [0.25, 0.3) is 0 Å². The van der Waals surface area contributed by atoms with Crippen molar-refractivity contribution in [3.8, 4) is 0 Å². The van der Waals surface area contributed by atoms with Crippen LogP contribution in [-0.2, 0) is 11.3 Å². The van der Waals surface area contributed by atoms with Crippen LogP contribution >= 0.6 is 0 Å². The molecule has 1 aromatic heterocycles. The van der Waals surface area contributed by atoms with Gasteiger partial charge in [0.15, 0.2) is 5.76 Å². The summed E-state index contributed by atoms with van der Waals surface area (Å²) in [5.41, 5.74) is -0.0812. The Kier molecular flexibility index (Phi) is 6.05. The zero-order valence-corrected chi connectivity index (χ0v) is 13.8. The molecular formula is C17H20F2N2O3. The molecule has 0 fully saturated rings. The summed E-state index contributed by atoms with van der Waals surface area (Å²) in [6, 6.07) is 6.21. The fraction of sp³-hybridized carbons (Fsp3) is 0.353. The Bertz CT molecular complexity index is 681. The maximum absolute atomic E-state index is 14.0. The van der Waals surface area contributed by atoms with E-state index in [9.17, 15) is 13.6 Å². The number of nitrogens with zero attached hydrogens (tertiary/aromatic N) is 1. The van der Waals surface area contributed by atoms with Crippen molar-refractivity contribution in [3.63, 3.8) is 0 Å². The Morgan fingerprint density at radius 2 is 1.92 bits per heavy atom. The van der Waals surface area contributed by atoms with E-state index < -0.39 is 23.6 Å². The molecule has 7 heteroatoms. The Labute approximate surface area is 139 Å². The first-order valence-electron chi connectivity index (χ1n) is 7.40. The summed E-state index contributed by atoms with van der Waals surface area (Å²) in [5, 5.41) is 2.64. The van der Waals surface area contributed by atoms with Gasteiger partial charge in [0.05, 0.1) is 6.04 Å². The Hall–Kier alpha value is -2.25. The van der Waals surface area contributed by atoms with Gasteiger partial charge in [-0.2, -0.15) is 0 Å². The Morgan fingerprint density at radius 1 is 1.25 bits per heavy atom. The number of nitrogens with one attached hydrogen (secondary N) is 1. The SMILES string of the molecule is COCc1ccc(C(=O)NC[C@H](c2c(F)cccc2F)N(C)C)o1. The van der Waals surface area contributed by atoms with Gasteiger partial charge >= 0.3 is 0 Å². The van der Waals surface area contributed by atoms with E-state index in [-0.39, 0.29) is 24.5 Å². The lowest BCUT2D eigenvalue weighted by Crippen LogP contribution is -2.35. The molecule has 0 saturated heterocycles. The first-order chi connectivity index (χ1) is 11.4. The largest absolute Gasteiger partial charge is 0.453 e. The molecule has 1 heterocycles. The Morgan fingerprint density at radius 3 is 2.50 bits per heavy atom. The van der Waals surface area contributed by atoms with Crippen molar-refractivity contribution < 1.29 is 22.7 Å². The van der Waals surface area contributed by atoms with Crippen molar-refractivity contribution in [2.75, 3.05) is 27.7 Å². The fourth-order valence-corrected chi connectivity index (χ4v) is 2.37. The number of halogens is 2. The van der Waals surface area contributed by atoms with Crippen molar-refractivity contribution in [1.29, 1.82) is 0 Å². The molecule has 1 aromatic carbocycles. The van der Waals surface area contributed by atoms with E-state index in [0.717, 1.165) is 0 Å². The summed E-state index contributed by atoms with van der Waals surface area (Å²) in [6.45, 7) is 0.290. The number of benzene rings is 1. The van der Waals surface area contributed by atoms with E-state index >= 15 is 0 Å². The van der Waals surface area contributed by atoms with Crippen molar-refractivity contribution in [2.45, 2.75) is 12.6 Å². The summed E-state index contributed by atoms with van der Waals surface area (Å²) in [5.74, 6) is -1.12. The average molecular weight is 338 g/mol. The molecule has 2 rings (SSSR count). The molecule has 24 heavy (non-hydrogen) atoms. The number of methoxy groups -OCH3 is 1. The zero-order chi connectivity index (χ0) is 17.7. The third-order valence-corrected chi connectivity index (χ3v) is 3.58. The highest BCUT2D eigenvalue weighted by atomic mass is 19.1. The summed E-state index contributed by atoms with van der Waals surface area (Å²) >= 11 is 0. The number of carbonyl (C=O) groups excluding carboxylic acids is 1. The van der Waals surface area contributed by atoms with Gasteiger partial charge in [0.1, 0.15) is 24.0 Å². The molecule has 0 aliphatic carbocycles. The highest BCUT2D eigenvalue weighted by Crippen LogP contribution is 2.24. The van der Waals surface area contributed by atoms with Crippen LogP contribution in [-0.4, -0.2) is 38.6 Å². The van der Waals surface area contributed by atoms with Crippen LogP contribution in [0, 0.1) is 11.6 Å². The third-order valence-electron chi connectivity index (χ3n) is 3.58. The topological polar surface area (TPSA) is 54.7 Å². The highest BCUT2D eigenvalue weighted by Gasteiger charge is 2.23. The van der Waals surface area contributed by atoms with Crippen LogP contribution < -0.4 is 5.32 Å². The predicted octanol–water partition coefficient (Wildman–Crippen LogP) is 2.74. The molecule has 0 spiro atoms. The first-order valence-corrected chi connectivity index (χ1v) is 7.40. The lowest BCUT2D eigenvalue weighted by molar-refractivity contribution is 0.0904. The first kappa shape index (κ1) is 18.1. The standard InChI is InChI=1S/C17H20F2N2O3/c1-21(2)14(16-12(18)5-4-6-13(16)19)9-20-17(22)15-8-7-11(24-15)10-23-3/h4-8,14H,9-10H2,1-3H3,(H,20,22)/t14-/m1/s1. The highest BCUT2D eigenvalue weighted by molar-refractivity contribution is 5.91. The van der Waals surface area contributed by atoms with E-state index in [1.165, 1.54) is 31.4 Å². The molecule has 5 nitrogen and oxygen atoms in total. The molecule has 0 saturated carbocycles. The Balaban J connectivity index is 2.10. The molecule has 2 aromatic rings. The predicted molar refractivity (Wildman–Crippen MR) is 84.5 cm³/mol. The minimum atomic E-state index is -0.650. The van der Waals surface area contributed by atoms with Crippen LogP contribution in [0.1, 0.15) is 27.9 Å². The lowest BCUT2D eigenvalue weighted by Gasteiger charge is -2.25. The number of ether oxygens (including phenoxy) is 1. The van der Waals surface area contributed by atoms with Gasteiger partial charge in [-0.15, -0.1) is 0 Å². The molecule has 0 aliphatic rings. The second kappa shape index (κ2) is 8.03. The number of likely N-dealkylation sites (N-methyl/N-ethyl adjacent to an activating group) is 1. The van der Waals surface area contributed by atoms with Gasteiger partial charge in [-0.25, -0.2) is 8.78 Å². The van der Waals surface area contributed by atoms with Gasteiger partial charge in [-0.05, 0) is 38.4 Å². The van der Waals surface area contributed by atoms with Gasteiger partial charge in [0.2, 0.25) is 0 Å². The number of hydrogen-bond acceptors (Lipinski definition) is 4. The molecular weight excluding hydrogens is 318 g/mol. The van der Waals surface area contributed by atoms with E-state index in [1.807, 2.05) is 0 Å². The number of amides is 1. The fourth-order valence-electron chi connectivity index (χ4n) is 2.37. The second-order valence-corrected chi connectivity index (χ2v) is 5.52. The number of carbonyl (C=O) groups is 1. The van der Waals surface area contributed by atoms with E-state index in [4.69, 9.17) is 9.15 Å². The van der Waals surface area contributed by atoms with E-state index in [2.05, 4.69) is 5.32 Å².